The summed E-state index contributed by atoms with van der Waals surface area (Å²) in [5, 5.41) is 22.4. The number of rotatable bonds is 5. The van der Waals surface area contributed by atoms with E-state index >= 15 is 0 Å². The number of hydrogen-bond donors (Lipinski definition) is 2. The van der Waals surface area contributed by atoms with Crippen LogP contribution in [0.25, 0.3) is 0 Å². The first kappa shape index (κ1) is 17.6. The topological polar surface area (TPSA) is 136 Å². The lowest BCUT2D eigenvalue weighted by atomic mass is 10.1. The average Bonchev–Trinajstić information content (AvgIpc) is 2.60. The Labute approximate surface area is 141 Å². The van der Waals surface area contributed by atoms with Gasteiger partial charge in [-0.15, -0.1) is 0 Å². The summed E-state index contributed by atoms with van der Waals surface area (Å²) >= 11 is 0. The van der Waals surface area contributed by atoms with E-state index in [9.17, 15) is 24.5 Å². The molecule has 0 radical (unpaired) electrons. The van der Waals surface area contributed by atoms with E-state index in [-0.39, 0.29) is 11.3 Å². The lowest BCUT2D eigenvalue weighted by Crippen LogP contribution is -2.18. The SMILES string of the molecule is COC(=O)c1ccccc1NC(=O)c1cc([N+](=O)[O-])ccc1C(=O)O. The number of anilines is 1. The minimum absolute atomic E-state index is 0.0562. The van der Waals surface area contributed by atoms with Crippen LogP contribution < -0.4 is 5.32 Å². The number of nitrogens with one attached hydrogen (secondary N) is 1. The molecule has 9 heteroatoms. The van der Waals surface area contributed by atoms with Gasteiger partial charge in [0.1, 0.15) is 0 Å². The van der Waals surface area contributed by atoms with Gasteiger partial charge in [0.25, 0.3) is 11.6 Å². The van der Waals surface area contributed by atoms with Crippen molar-refractivity contribution in [2.75, 3.05) is 12.4 Å². The summed E-state index contributed by atoms with van der Waals surface area (Å²) in [7, 11) is 1.17. The highest BCUT2D eigenvalue weighted by atomic mass is 16.6. The second-order valence-corrected chi connectivity index (χ2v) is 4.78. The van der Waals surface area contributed by atoms with E-state index in [1.54, 1.807) is 12.1 Å². The molecule has 25 heavy (non-hydrogen) atoms. The fourth-order valence-electron chi connectivity index (χ4n) is 2.09. The number of ether oxygens (including phenoxy) is 1. The highest BCUT2D eigenvalue weighted by Crippen LogP contribution is 2.21. The van der Waals surface area contributed by atoms with E-state index < -0.39 is 39.6 Å². The van der Waals surface area contributed by atoms with Gasteiger partial charge in [-0.05, 0) is 18.2 Å². The zero-order valence-electron chi connectivity index (χ0n) is 12.9. The van der Waals surface area contributed by atoms with Crippen LogP contribution in [0.4, 0.5) is 11.4 Å². The predicted molar refractivity (Wildman–Crippen MR) is 85.8 cm³/mol. The molecule has 0 saturated carbocycles. The smallest absolute Gasteiger partial charge is 0.339 e. The van der Waals surface area contributed by atoms with E-state index in [2.05, 4.69) is 10.1 Å². The van der Waals surface area contributed by atoms with Gasteiger partial charge < -0.3 is 15.2 Å². The van der Waals surface area contributed by atoms with Crippen molar-refractivity contribution in [3.8, 4) is 0 Å². The number of carbonyl (C=O) groups is 3. The number of non-ortho nitro benzene ring substituents is 1. The molecule has 0 fully saturated rings. The maximum absolute atomic E-state index is 12.4. The molecule has 0 unspecified atom stereocenters. The first-order valence-electron chi connectivity index (χ1n) is 6.85. The van der Waals surface area contributed by atoms with Crippen LogP contribution in [0, 0.1) is 10.1 Å². The summed E-state index contributed by atoms with van der Waals surface area (Å²) in [5.74, 6) is -3.02. The third-order valence-corrected chi connectivity index (χ3v) is 3.27. The van der Waals surface area contributed by atoms with E-state index in [1.165, 1.54) is 19.2 Å². The third kappa shape index (κ3) is 3.78. The van der Waals surface area contributed by atoms with Crippen LogP contribution in [0.3, 0.4) is 0 Å². The van der Waals surface area contributed by atoms with Crippen LogP contribution in [0.2, 0.25) is 0 Å². The minimum Gasteiger partial charge on any atom is -0.478 e. The van der Waals surface area contributed by atoms with E-state index in [0.29, 0.717) is 0 Å². The van der Waals surface area contributed by atoms with Gasteiger partial charge in [0.15, 0.2) is 0 Å². The van der Waals surface area contributed by atoms with Gasteiger partial charge in [-0.25, -0.2) is 9.59 Å². The van der Waals surface area contributed by atoms with Crippen molar-refractivity contribution in [2.45, 2.75) is 0 Å². The van der Waals surface area contributed by atoms with Crippen molar-refractivity contribution in [1.29, 1.82) is 0 Å². The Kier molecular flexibility index (Phi) is 5.08. The molecule has 0 bridgehead atoms. The molecule has 2 aromatic carbocycles. The van der Waals surface area contributed by atoms with Gasteiger partial charge >= 0.3 is 11.9 Å². The second-order valence-electron chi connectivity index (χ2n) is 4.78. The lowest BCUT2D eigenvalue weighted by molar-refractivity contribution is -0.384. The first-order valence-corrected chi connectivity index (χ1v) is 6.85. The Balaban J connectivity index is 2.45. The Bertz CT molecular complexity index is 877. The summed E-state index contributed by atoms with van der Waals surface area (Å²) in [6.45, 7) is 0. The number of para-hydroxylation sites is 1. The predicted octanol–water partition coefficient (Wildman–Crippen LogP) is 2.33. The summed E-state index contributed by atoms with van der Waals surface area (Å²) in [4.78, 5) is 45.5. The van der Waals surface area contributed by atoms with Crippen molar-refractivity contribution in [1.82, 2.24) is 0 Å². The number of methoxy groups -OCH3 is 1. The van der Waals surface area contributed by atoms with Crippen LogP contribution >= 0.6 is 0 Å². The maximum Gasteiger partial charge on any atom is 0.339 e. The molecular formula is C16H12N2O7. The first-order chi connectivity index (χ1) is 11.8. The van der Waals surface area contributed by atoms with Crippen molar-refractivity contribution in [3.05, 3.63) is 69.3 Å². The highest BCUT2D eigenvalue weighted by molar-refractivity contribution is 6.12. The van der Waals surface area contributed by atoms with Gasteiger partial charge in [-0.2, -0.15) is 0 Å². The number of carboxylic acid groups (broad SMARTS) is 1. The Morgan fingerprint density at radius 3 is 2.36 bits per heavy atom. The van der Waals surface area contributed by atoms with E-state index in [1.807, 2.05) is 0 Å². The number of esters is 1. The molecular weight excluding hydrogens is 332 g/mol. The summed E-state index contributed by atoms with van der Waals surface area (Å²) in [6.07, 6.45) is 0. The molecule has 0 aliphatic rings. The molecule has 2 N–H and O–H groups in total. The van der Waals surface area contributed by atoms with Crippen LogP contribution in [0.1, 0.15) is 31.1 Å². The number of carboxylic acids is 1. The standard InChI is InChI=1S/C16H12N2O7/c1-25-16(22)11-4-2-3-5-13(11)17-14(19)12-8-9(18(23)24)6-7-10(12)15(20)21/h2-8H,1H3,(H,17,19)(H,20,21). The largest absolute Gasteiger partial charge is 0.478 e. The molecule has 9 nitrogen and oxygen atoms in total. The lowest BCUT2D eigenvalue weighted by Gasteiger charge is -2.11. The molecule has 0 aromatic heterocycles. The maximum atomic E-state index is 12.4. The van der Waals surface area contributed by atoms with Crippen molar-refractivity contribution >= 4 is 29.2 Å². The molecule has 0 spiro atoms. The second kappa shape index (κ2) is 7.21. The van der Waals surface area contributed by atoms with Crippen LogP contribution in [0.5, 0.6) is 0 Å². The van der Waals surface area contributed by atoms with Crippen LogP contribution in [-0.4, -0.2) is 35.0 Å². The van der Waals surface area contributed by atoms with Crippen molar-refractivity contribution in [2.24, 2.45) is 0 Å². The number of hydrogen-bond acceptors (Lipinski definition) is 6. The average molecular weight is 344 g/mol. The summed E-state index contributed by atoms with van der Waals surface area (Å²) in [5.41, 5.74) is -1.10. The normalized spacial score (nSPS) is 9.96. The van der Waals surface area contributed by atoms with E-state index in [4.69, 9.17) is 5.11 Å². The van der Waals surface area contributed by atoms with Crippen LogP contribution in [0.15, 0.2) is 42.5 Å². The molecule has 0 aliphatic carbocycles. The molecule has 2 rings (SSSR count). The summed E-state index contributed by atoms with van der Waals surface area (Å²) < 4.78 is 4.60. The van der Waals surface area contributed by atoms with Gasteiger partial charge in [-0.3, -0.25) is 14.9 Å². The number of carbonyl (C=O) groups excluding carboxylic acids is 2. The zero-order chi connectivity index (χ0) is 18.6. The molecule has 0 heterocycles. The monoisotopic (exact) mass is 344 g/mol. The molecule has 2 aromatic rings. The Hall–Kier alpha value is -3.75. The van der Waals surface area contributed by atoms with Gasteiger partial charge in [0.05, 0.1) is 34.4 Å². The summed E-state index contributed by atoms with van der Waals surface area (Å²) in [6, 6.07) is 8.75. The minimum atomic E-state index is -1.42. The number of nitrogens with zero attached hydrogens (tertiary/aromatic N) is 1. The molecule has 0 saturated heterocycles. The van der Waals surface area contributed by atoms with Gasteiger partial charge in [0.2, 0.25) is 0 Å². The number of aromatic carboxylic acids is 1. The Morgan fingerprint density at radius 2 is 1.76 bits per heavy atom. The number of benzene rings is 2. The van der Waals surface area contributed by atoms with Crippen molar-refractivity contribution < 1.29 is 29.2 Å². The Morgan fingerprint density at radius 1 is 1.08 bits per heavy atom. The number of nitro groups is 1. The molecule has 0 atom stereocenters. The quantitative estimate of drug-likeness (QED) is 0.482. The van der Waals surface area contributed by atoms with Gasteiger partial charge in [-0.1, -0.05) is 12.1 Å². The third-order valence-electron chi connectivity index (χ3n) is 3.27. The van der Waals surface area contributed by atoms with Crippen molar-refractivity contribution in [3.63, 3.8) is 0 Å². The fraction of sp³-hybridized carbons (Fsp3) is 0.0625. The zero-order valence-corrected chi connectivity index (χ0v) is 12.9. The number of amides is 1. The van der Waals surface area contributed by atoms with Gasteiger partial charge in [0, 0.05) is 12.1 Å². The number of nitro benzene ring substituents is 1. The van der Waals surface area contributed by atoms with E-state index in [0.717, 1.165) is 18.2 Å². The highest BCUT2D eigenvalue weighted by Gasteiger charge is 2.22. The molecule has 0 aliphatic heterocycles. The molecule has 128 valence electrons. The molecule has 1 amide bonds. The fourth-order valence-corrected chi connectivity index (χ4v) is 2.09. The van der Waals surface area contributed by atoms with Crippen LogP contribution in [-0.2, 0) is 4.74 Å².